The van der Waals surface area contributed by atoms with E-state index in [9.17, 15) is 8.42 Å². The lowest BCUT2D eigenvalue weighted by molar-refractivity contribution is 0.417. The Morgan fingerprint density at radius 2 is 2.22 bits per heavy atom. The summed E-state index contributed by atoms with van der Waals surface area (Å²) in [6.45, 7) is 3.74. The first-order valence-electron chi connectivity index (χ1n) is 6.19. The number of nitrogens with one attached hydrogen (secondary N) is 1. The maximum absolute atomic E-state index is 12.5. The number of benzene rings is 1. The molecule has 100 valence electrons. The third-order valence-electron chi connectivity index (χ3n) is 3.06. The minimum Gasteiger partial charge on any atom is -0.399 e. The Morgan fingerprint density at radius 1 is 1.44 bits per heavy atom. The zero-order valence-corrected chi connectivity index (χ0v) is 11.3. The first-order valence-corrected chi connectivity index (χ1v) is 7.63. The van der Waals surface area contributed by atoms with E-state index in [0.29, 0.717) is 31.0 Å². The zero-order valence-electron chi connectivity index (χ0n) is 10.5. The third kappa shape index (κ3) is 2.44. The average Bonchev–Trinajstić information content (AvgIpc) is 2.45. The number of rotatable bonds is 3. The summed E-state index contributed by atoms with van der Waals surface area (Å²) in [6, 6.07) is 4.97. The molecule has 0 aromatic heterocycles. The van der Waals surface area contributed by atoms with E-state index >= 15 is 0 Å². The van der Waals surface area contributed by atoms with Crippen LogP contribution in [0.4, 0.5) is 11.4 Å². The van der Waals surface area contributed by atoms with E-state index in [1.54, 1.807) is 12.1 Å². The van der Waals surface area contributed by atoms with E-state index < -0.39 is 10.0 Å². The number of nitrogens with two attached hydrogens (primary N) is 1. The molecule has 0 aliphatic carbocycles. The lowest BCUT2D eigenvalue weighted by Crippen LogP contribution is -2.33. The second-order valence-corrected chi connectivity index (χ2v) is 6.35. The Bertz CT molecular complexity index is 526. The van der Waals surface area contributed by atoms with Gasteiger partial charge in [0.05, 0.1) is 5.69 Å². The summed E-state index contributed by atoms with van der Waals surface area (Å²) in [5.41, 5.74) is 6.80. The van der Waals surface area contributed by atoms with Crippen molar-refractivity contribution in [2.75, 3.05) is 30.7 Å². The van der Waals surface area contributed by atoms with E-state index in [0.717, 1.165) is 12.8 Å². The molecule has 6 heteroatoms. The molecule has 0 saturated heterocycles. The van der Waals surface area contributed by atoms with Crippen LogP contribution in [-0.2, 0) is 10.0 Å². The van der Waals surface area contributed by atoms with E-state index in [1.807, 2.05) is 0 Å². The van der Waals surface area contributed by atoms with Crippen LogP contribution in [-0.4, -0.2) is 32.4 Å². The van der Waals surface area contributed by atoms with Crippen LogP contribution in [0.1, 0.15) is 19.8 Å². The molecule has 0 atom stereocenters. The van der Waals surface area contributed by atoms with E-state index in [-0.39, 0.29) is 4.90 Å². The first-order chi connectivity index (χ1) is 8.55. The molecule has 0 bridgehead atoms. The molecule has 0 fully saturated rings. The number of unbranched alkanes of at least 4 members (excludes halogenated alkanes) is 1. The second kappa shape index (κ2) is 5.16. The van der Waals surface area contributed by atoms with Gasteiger partial charge in [0.1, 0.15) is 4.90 Å². The van der Waals surface area contributed by atoms with Gasteiger partial charge in [0.2, 0.25) is 10.0 Å². The van der Waals surface area contributed by atoms with Crippen molar-refractivity contribution in [3.8, 4) is 0 Å². The summed E-state index contributed by atoms with van der Waals surface area (Å²) in [5.74, 6) is 0. The van der Waals surface area contributed by atoms with E-state index in [1.165, 1.54) is 10.4 Å². The molecule has 0 spiro atoms. The van der Waals surface area contributed by atoms with Gasteiger partial charge in [-0.1, -0.05) is 13.3 Å². The van der Waals surface area contributed by atoms with Crippen LogP contribution in [0.15, 0.2) is 23.1 Å². The molecular weight excluding hydrogens is 250 g/mol. The number of hydrogen-bond donors (Lipinski definition) is 2. The van der Waals surface area contributed by atoms with Crippen molar-refractivity contribution >= 4 is 21.4 Å². The fourth-order valence-corrected chi connectivity index (χ4v) is 3.72. The number of nitrogens with zero attached hydrogens (tertiary/aromatic N) is 1. The van der Waals surface area contributed by atoms with Crippen molar-refractivity contribution in [1.82, 2.24) is 4.31 Å². The monoisotopic (exact) mass is 269 g/mol. The summed E-state index contributed by atoms with van der Waals surface area (Å²) < 4.78 is 26.6. The second-order valence-electron chi connectivity index (χ2n) is 4.44. The molecule has 1 heterocycles. The molecule has 1 aliphatic heterocycles. The first kappa shape index (κ1) is 13.2. The average molecular weight is 269 g/mol. The molecule has 2 rings (SSSR count). The molecule has 1 aromatic rings. The highest BCUT2D eigenvalue weighted by Crippen LogP contribution is 2.29. The Kier molecular flexibility index (Phi) is 3.77. The van der Waals surface area contributed by atoms with Gasteiger partial charge >= 0.3 is 0 Å². The SMILES string of the molecule is CCCCN1CCNc2ccc(N)cc2S1(=O)=O. The maximum atomic E-state index is 12.5. The van der Waals surface area contributed by atoms with Gasteiger partial charge in [0.15, 0.2) is 0 Å². The van der Waals surface area contributed by atoms with Crippen molar-refractivity contribution in [1.29, 1.82) is 0 Å². The highest BCUT2D eigenvalue weighted by atomic mass is 32.2. The number of hydrogen-bond acceptors (Lipinski definition) is 4. The number of sulfonamides is 1. The minimum absolute atomic E-state index is 0.288. The van der Waals surface area contributed by atoms with Crippen molar-refractivity contribution < 1.29 is 8.42 Å². The van der Waals surface area contributed by atoms with Crippen molar-refractivity contribution in [2.45, 2.75) is 24.7 Å². The predicted octanol–water partition coefficient (Wildman–Crippen LogP) is 1.49. The Hall–Kier alpha value is -1.27. The molecule has 0 unspecified atom stereocenters. The fraction of sp³-hybridized carbons (Fsp3) is 0.500. The number of anilines is 2. The molecule has 0 radical (unpaired) electrons. The normalized spacial score (nSPS) is 18.7. The molecule has 1 aromatic carbocycles. The molecule has 3 N–H and O–H groups in total. The van der Waals surface area contributed by atoms with Gasteiger partial charge < -0.3 is 11.1 Å². The Morgan fingerprint density at radius 3 is 2.94 bits per heavy atom. The maximum Gasteiger partial charge on any atom is 0.245 e. The van der Waals surface area contributed by atoms with Gasteiger partial charge in [-0.15, -0.1) is 0 Å². The highest BCUT2D eigenvalue weighted by Gasteiger charge is 2.29. The van der Waals surface area contributed by atoms with Crippen molar-refractivity contribution in [2.24, 2.45) is 0 Å². The van der Waals surface area contributed by atoms with Gasteiger partial charge in [-0.05, 0) is 24.6 Å². The highest BCUT2D eigenvalue weighted by molar-refractivity contribution is 7.89. The molecule has 0 amide bonds. The summed E-state index contributed by atoms with van der Waals surface area (Å²) in [5, 5.41) is 3.14. The standard InChI is InChI=1S/C12H19N3O2S/c1-2-3-7-15-8-6-14-11-5-4-10(13)9-12(11)18(15,16)17/h4-5,9,14H,2-3,6-8,13H2,1H3. The number of nitrogen functional groups attached to an aromatic ring is 1. The largest absolute Gasteiger partial charge is 0.399 e. The number of fused-ring (bicyclic) bond motifs is 1. The summed E-state index contributed by atoms with van der Waals surface area (Å²) >= 11 is 0. The van der Waals surface area contributed by atoms with Crippen LogP contribution in [0.2, 0.25) is 0 Å². The predicted molar refractivity (Wildman–Crippen MR) is 73.0 cm³/mol. The smallest absolute Gasteiger partial charge is 0.245 e. The van der Waals surface area contributed by atoms with E-state index in [4.69, 9.17) is 5.73 Å². The van der Waals surface area contributed by atoms with Gasteiger partial charge in [-0.3, -0.25) is 0 Å². The minimum atomic E-state index is -3.42. The summed E-state index contributed by atoms with van der Waals surface area (Å²) in [4.78, 5) is 0.288. The van der Waals surface area contributed by atoms with Crippen LogP contribution in [0.5, 0.6) is 0 Å². The van der Waals surface area contributed by atoms with Gasteiger partial charge in [-0.25, -0.2) is 8.42 Å². The van der Waals surface area contributed by atoms with Crippen LogP contribution in [0.25, 0.3) is 0 Å². The topological polar surface area (TPSA) is 75.4 Å². The molecular formula is C12H19N3O2S. The lowest BCUT2D eigenvalue weighted by atomic mass is 10.3. The van der Waals surface area contributed by atoms with Gasteiger partial charge in [-0.2, -0.15) is 4.31 Å². The van der Waals surface area contributed by atoms with Crippen molar-refractivity contribution in [3.05, 3.63) is 18.2 Å². The lowest BCUT2D eigenvalue weighted by Gasteiger charge is -2.19. The summed E-state index contributed by atoms with van der Waals surface area (Å²) in [7, 11) is -3.42. The van der Waals surface area contributed by atoms with Gasteiger partial charge in [0.25, 0.3) is 0 Å². The molecule has 18 heavy (non-hydrogen) atoms. The third-order valence-corrected chi connectivity index (χ3v) is 5.00. The fourth-order valence-electron chi connectivity index (χ4n) is 2.04. The zero-order chi connectivity index (χ0) is 13.2. The molecule has 5 nitrogen and oxygen atoms in total. The summed E-state index contributed by atoms with van der Waals surface area (Å²) in [6.07, 6.45) is 1.85. The van der Waals surface area contributed by atoms with Crippen LogP contribution in [0, 0.1) is 0 Å². The van der Waals surface area contributed by atoms with Crippen LogP contribution >= 0.6 is 0 Å². The van der Waals surface area contributed by atoms with Crippen molar-refractivity contribution in [3.63, 3.8) is 0 Å². The van der Waals surface area contributed by atoms with Crippen LogP contribution < -0.4 is 11.1 Å². The van der Waals surface area contributed by atoms with Gasteiger partial charge in [0, 0.05) is 25.3 Å². The van der Waals surface area contributed by atoms with E-state index in [2.05, 4.69) is 12.2 Å². The van der Waals surface area contributed by atoms with Crippen LogP contribution in [0.3, 0.4) is 0 Å². The molecule has 1 aliphatic rings. The Balaban J connectivity index is 2.42. The Labute approximate surface area is 108 Å². The quantitative estimate of drug-likeness (QED) is 0.815. The molecule has 0 saturated carbocycles.